The predicted molar refractivity (Wildman–Crippen MR) is 235 cm³/mol. The number of nitrogens with zero attached hydrogens (tertiary/aromatic N) is 2. The van der Waals surface area contributed by atoms with E-state index in [4.69, 9.17) is 18.8 Å². The van der Waals surface area contributed by atoms with E-state index < -0.39 is 13.3 Å². The smallest absolute Gasteiger partial charge is 0.138 e. The molecule has 0 saturated carbocycles. The van der Waals surface area contributed by atoms with Crippen LogP contribution in [0.2, 0.25) is 17.3 Å². The Morgan fingerprint density at radius 2 is 1.28 bits per heavy atom. The van der Waals surface area contributed by atoms with Crippen LogP contribution in [-0.2, 0) is 26.5 Å². The number of hydrogen-bond donors (Lipinski definition) is 0. The van der Waals surface area contributed by atoms with Crippen LogP contribution >= 0.6 is 0 Å². The molecule has 1 radical (unpaired) electrons. The van der Waals surface area contributed by atoms with Gasteiger partial charge in [0.25, 0.3) is 0 Å². The number of aromatic nitrogens is 1. The summed E-state index contributed by atoms with van der Waals surface area (Å²) >= 11 is -1.90. The zero-order chi connectivity index (χ0) is 38.6. The molecule has 1 aliphatic rings. The molecule has 0 N–H and O–H groups in total. The fraction of sp³-hybridized carbons (Fsp3) is 0.176. The van der Waals surface area contributed by atoms with Gasteiger partial charge in [-0.2, -0.15) is 0 Å². The van der Waals surface area contributed by atoms with Crippen LogP contribution in [-0.4, -0.2) is 24.0 Å². The number of fused-ring (bicyclic) bond motifs is 7. The van der Waals surface area contributed by atoms with Gasteiger partial charge in [-0.05, 0) is 29.5 Å². The summed E-state index contributed by atoms with van der Waals surface area (Å²) < 4.78 is 14.4. The van der Waals surface area contributed by atoms with Crippen LogP contribution in [0.15, 0.2) is 153 Å². The van der Waals surface area contributed by atoms with Crippen LogP contribution in [0, 0.1) is 17.5 Å². The molecule has 9 aromatic rings. The summed E-state index contributed by atoms with van der Waals surface area (Å²) in [5.41, 5.74) is 12.5. The van der Waals surface area contributed by atoms with Crippen molar-refractivity contribution in [2.24, 2.45) is 10.4 Å². The molecule has 6 heteroatoms. The Kier molecular flexibility index (Phi) is 10.5. The molecule has 0 aliphatic carbocycles. The van der Waals surface area contributed by atoms with Crippen molar-refractivity contribution in [3.05, 3.63) is 174 Å². The zero-order valence-corrected chi connectivity index (χ0v) is 37.6. The molecule has 1 aliphatic heterocycles. The van der Waals surface area contributed by atoms with Gasteiger partial charge in [0.1, 0.15) is 16.7 Å². The number of para-hydroxylation sites is 4. The van der Waals surface area contributed by atoms with E-state index in [2.05, 4.69) is 129 Å². The van der Waals surface area contributed by atoms with Gasteiger partial charge in [-0.3, -0.25) is 4.99 Å². The number of hydrogen-bond acceptors (Lipinski definition) is 4. The Hall–Kier alpha value is -5.07. The van der Waals surface area contributed by atoms with E-state index in [0.717, 1.165) is 89.6 Å². The summed E-state index contributed by atoms with van der Waals surface area (Å²) in [5.74, 6) is 7.23. The fourth-order valence-corrected chi connectivity index (χ4v) is 11.5. The SMILES string of the molecule is CC(C)(C)Cc1cc(-c2[c-]cccc2)nc[c]1[Ge]([CH3])([CH3])[CH3].[Ir].[c-]1ccc2c(oc3ccccc32)c1C1=Nc2ccccc2C1c1cccc2c1oc1ccccc12. The summed E-state index contributed by atoms with van der Waals surface area (Å²) in [6.45, 7) is 6.92. The van der Waals surface area contributed by atoms with Crippen molar-refractivity contribution in [3.8, 4) is 11.3 Å². The van der Waals surface area contributed by atoms with Gasteiger partial charge in [0, 0.05) is 47.7 Å². The number of furan rings is 2. The predicted octanol–water partition coefficient (Wildman–Crippen LogP) is 13.2. The molecule has 4 nitrogen and oxygen atoms in total. The van der Waals surface area contributed by atoms with Crippen molar-refractivity contribution in [1.82, 2.24) is 4.98 Å². The van der Waals surface area contributed by atoms with E-state index in [1.807, 2.05) is 60.7 Å². The second-order valence-electron chi connectivity index (χ2n) is 17.0. The molecule has 285 valence electrons. The molecular formula is C51H44GeIrN2O2-2. The standard InChI is InChI=1S/C32H18NO2.C19H26GeN.Ir/c1-4-16-26-23(11-1)29(24-14-7-12-21-19-9-2-5-17-27(19)34-31(21)24)30(33-26)25-15-8-13-22-20-10-3-6-18-28(20)35-32(22)25;1-19(2,3)13-16-12-18(15-10-8-7-9-11-15)21-14-17(16)20(4,5)6;/h1-14,16-18,29H;7-10,12,14H,13H2,1-6H3;/q2*-1;. The number of pyridine rings is 1. The molecule has 0 saturated heterocycles. The average molecular weight is 982 g/mol. The maximum Gasteiger partial charge on any atom is 0.138 e. The first-order valence-electron chi connectivity index (χ1n) is 19.4. The van der Waals surface area contributed by atoms with Gasteiger partial charge >= 0.3 is 132 Å². The van der Waals surface area contributed by atoms with Crippen molar-refractivity contribution in [3.63, 3.8) is 0 Å². The summed E-state index contributed by atoms with van der Waals surface area (Å²) in [4.78, 5) is 9.87. The molecule has 0 spiro atoms. The molecule has 10 rings (SSSR count). The van der Waals surface area contributed by atoms with Crippen LogP contribution in [0.25, 0.3) is 55.1 Å². The molecule has 0 amide bonds. The van der Waals surface area contributed by atoms with E-state index in [-0.39, 0.29) is 26.0 Å². The number of benzene rings is 6. The second kappa shape index (κ2) is 15.4. The van der Waals surface area contributed by atoms with Gasteiger partial charge in [-0.15, -0.1) is 18.2 Å². The van der Waals surface area contributed by atoms with Crippen molar-refractivity contribution in [2.45, 2.75) is 50.4 Å². The third-order valence-electron chi connectivity index (χ3n) is 10.6. The Labute approximate surface area is 350 Å². The third kappa shape index (κ3) is 7.45. The van der Waals surface area contributed by atoms with E-state index in [1.165, 1.54) is 9.96 Å². The normalized spacial score (nSPS) is 14.0. The summed E-state index contributed by atoms with van der Waals surface area (Å²) in [5, 5.41) is 4.42. The molecular weight excluding hydrogens is 937 g/mol. The average Bonchev–Trinajstić information content (AvgIpc) is 3.89. The molecule has 1 unspecified atom stereocenters. The van der Waals surface area contributed by atoms with Crippen LogP contribution < -0.4 is 4.40 Å². The van der Waals surface area contributed by atoms with Crippen LogP contribution in [0.5, 0.6) is 0 Å². The Morgan fingerprint density at radius 3 is 1.98 bits per heavy atom. The molecule has 4 heterocycles. The molecule has 1 atom stereocenters. The quantitative estimate of drug-likeness (QED) is 0.128. The van der Waals surface area contributed by atoms with Crippen molar-refractivity contribution >= 4 is 72.9 Å². The van der Waals surface area contributed by atoms with Crippen LogP contribution in [0.1, 0.15) is 48.9 Å². The van der Waals surface area contributed by atoms with Crippen LogP contribution in [0.4, 0.5) is 5.69 Å². The molecule has 6 aromatic carbocycles. The maximum atomic E-state index is 6.44. The molecule has 57 heavy (non-hydrogen) atoms. The first-order valence-corrected chi connectivity index (χ1v) is 26.7. The maximum absolute atomic E-state index is 6.44. The molecule has 3 aromatic heterocycles. The first kappa shape index (κ1) is 38.8. The van der Waals surface area contributed by atoms with Gasteiger partial charge in [-0.1, -0.05) is 83.7 Å². The number of aliphatic imine (C=N–C) groups is 1. The zero-order valence-electron chi connectivity index (χ0n) is 33.1. The minimum Gasteiger partial charge on any atom is -0.501 e. The van der Waals surface area contributed by atoms with Crippen LogP contribution in [0.3, 0.4) is 0 Å². The van der Waals surface area contributed by atoms with E-state index in [1.54, 1.807) is 0 Å². The minimum atomic E-state index is -1.90. The Balaban J connectivity index is 0.000000179. The van der Waals surface area contributed by atoms with Gasteiger partial charge in [-0.25, -0.2) is 0 Å². The summed E-state index contributed by atoms with van der Waals surface area (Å²) in [6, 6.07) is 52.3. The van der Waals surface area contributed by atoms with E-state index in [0.29, 0.717) is 5.41 Å². The summed E-state index contributed by atoms with van der Waals surface area (Å²) in [7, 11) is 0. The third-order valence-corrected chi connectivity index (χ3v) is 14.9. The van der Waals surface area contributed by atoms with Gasteiger partial charge in [0.15, 0.2) is 0 Å². The molecule has 0 bridgehead atoms. The fourth-order valence-electron chi connectivity index (χ4n) is 8.16. The minimum absolute atomic E-state index is 0. The van der Waals surface area contributed by atoms with Gasteiger partial charge in [0.2, 0.25) is 0 Å². The van der Waals surface area contributed by atoms with E-state index >= 15 is 0 Å². The number of rotatable bonds is 5. The monoisotopic (exact) mass is 983 g/mol. The van der Waals surface area contributed by atoms with Gasteiger partial charge < -0.3 is 8.83 Å². The van der Waals surface area contributed by atoms with Crippen molar-refractivity contribution in [2.75, 3.05) is 0 Å². The molecule has 0 fully saturated rings. The largest absolute Gasteiger partial charge is 0.501 e. The first-order chi connectivity index (χ1) is 27.0. The van der Waals surface area contributed by atoms with Crippen molar-refractivity contribution < 1.29 is 28.9 Å². The topological polar surface area (TPSA) is 51.5 Å². The van der Waals surface area contributed by atoms with E-state index in [9.17, 15) is 0 Å². The summed E-state index contributed by atoms with van der Waals surface area (Å²) in [6.07, 6.45) is 3.24. The Bertz CT molecular complexity index is 2930. The van der Waals surface area contributed by atoms with Gasteiger partial charge in [0.05, 0.1) is 11.3 Å². The van der Waals surface area contributed by atoms with Crippen molar-refractivity contribution in [1.29, 1.82) is 0 Å². The Morgan fingerprint density at radius 1 is 0.649 bits per heavy atom. The second-order valence-corrected chi connectivity index (χ2v) is 27.6.